The Kier molecular flexibility index (Phi) is 2.17. The van der Waals surface area contributed by atoms with E-state index in [1.54, 1.807) is 6.07 Å². The molecule has 0 unspecified atom stereocenters. The van der Waals surface area contributed by atoms with Crippen LogP contribution in [0.15, 0.2) is 17.2 Å². The lowest BCUT2D eigenvalue weighted by atomic mass is 9.99. The Morgan fingerprint density at radius 2 is 1.71 bits per heavy atom. The van der Waals surface area contributed by atoms with Crippen molar-refractivity contribution in [1.29, 1.82) is 0 Å². The molecule has 1 aliphatic carbocycles. The summed E-state index contributed by atoms with van der Waals surface area (Å²) in [6.45, 7) is 3.93. The Bertz CT molecular complexity index is 472. The highest BCUT2D eigenvalue weighted by molar-refractivity contribution is 6.64. The van der Waals surface area contributed by atoms with Crippen LogP contribution in [0.2, 0.25) is 0 Å². The number of carbonyl (C=O) groups excluding carboxylic acids is 1. The Hall–Kier alpha value is -0.790. The van der Waals surface area contributed by atoms with E-state index in [9.17, 15) is 4.79 Å². The van der Waals surface area contributed by atoms with E-state index < -0.39 is 0 Å². The van der Waals surface area contributed by atoms with Crippen molar-refractivity contribution < 1.29 is 4.79 Å². The third kappa shape index (κ3) is 1.13. The monoisotopic (exact) mass is 226 g/mol. The average Bonchev–Trinajstić information content (AvgIpc) is 2.38. The van der Waals surface area contributed by atoms with Gasteiger partial charge >= 0.3 is 0 Å². The number of Topliss-reactive ketones (excluding diaryl/α,β-unsaturated/α-hetero) is 1. The van der Waals surface area contributed by atoms with Crippen LogP contribution in [0, 0.1) is 13.8 Å². The lowest BCUT2D eigenvalue weighted by Gasteiger charge is -2.06. The average molecular weight is 227 g/mol. The second-order valence-corrected chi connectivity index (χ2v) is 4.14. The first kappa shape index (κ1) is 9.75. The Morgan fingerprint density at radius 1 is 1.07 bits per heavy atom. The molecule has 72 valence electrons. The molecule has 0 aliphatic heterocycles. The van der Waals surface area contributed by atoms with Crippen molar-refractivity contribution in [1.82, 2.24) is 0 Å². The summed E-state index contributed by atoms with van der Waals surface area (Å²) in [4.78, 5) is 11.6. The van der Waals surface area contributed by atoms with Gasteiger partial charge in [0.1, 0.15) is 5.03 Å². The first-order valence-electron chi connectivity index (χ1n) is 4.24. The second-order valence-electron chi connectivity index (χ2n) is 3.39. The van der Waals surface area contributed by atoms with Gasteiger partial charge in [-0.2, -0.15) is 0 Å². The molecule has 14 heavy (non-hydrogen) atoms. The predicted molar refractivity (Wildman–Crippen MR) is 58.9 cm³/mol. The zero-order valence-corrected chi connectivity index (χ0v) is 9.33. The van der Waals surface area contributed by atoms with E-state index in [0.29, 0.717) is 10.6 Å². The summed E-state index contributed by atoms with van der Waals surface area (Å²) >= 11 is 11.8. The number of carbonyl (C=O) groups is 1. The fourth-order valence-electron chi connectivity index (χ4n) is 1.62. The Morgan fingerprint density at radius 3 is 2.36 bits per heavy atom. The van der Waals surface area contributed by atoms with E-state index in [0.717, 1.165) is 16.7 Å². The van der Waals surface area contributed by atoms with E-state index in [-0.39, 0.29) is 10.8 Å². The largest absolute Gasteiger partial charge is 0.288 e. The molecular formula is C11H8Cl2O. The summed E-state index contributed by atoms with van der Waals surface area (Å²) in [5.41, 5.74) is 3.54. The van der Waals surface area contributed by atoms with Crippen LogP contribution in [0.4, 0.5) is 0 Å². The number of fused-ring (bicyclic) bond motifs is 1. The number of ketones is 1. The van der Waals surface area contributed by atoms with Crippen LogP contribution < -0.4 is 0 Å². The normalized spacial score (nSPS) is 15.0. The van der Waals surface area contributed by atoms with Crippen LogP contribution in [0.1, 0.15) is 27.0 Å². The number of rotatable bonds is 0. The summed E-state index contributed by atoms with van der Waals surface area (Å²) in [5.74, 6) is -0.172. The van der Waals surface area contributed by atoms with E-state index in [4.69, 9.17) is 23.2 Å². The van der Waals surface area contributed by atoms with Gasteiger partial charge in [-0.1, -0.05) is 35.3 Å². The minimum Gasteiger partial charge on any atom is -0.288 e. The lowest BCUT2D eigenvalue weighted by molar-refractivity contribution is 0.104. The number of hydrogen-bond acceptors (Lipinski definition) is 1. The van der Waals surface area contributed by atoms with Crippen LogP contribution in [-0.2, 0) is 0 Å². The van der Waals surface area contributed by atoms with Crippen LogP contribution in [-0.4, -0.2) is 5.78 Å². The van der Waals surface area contributed by atoms with Crippen molar-refractivity contribution in [3.63, 3.8) is 0 Å². The molecule has 0 heterocycles. The molecule has 0 saturated carbocycles. The number of aryl methyl sites for hydroxylation is 1. The molecule has 0 amide bonds. The quantitative estimate of drug-likeness (QED) is 0.661. The van der Waals surface area contributed by atoms with Crippen molar-refractivity contribution in [2.45, 2.75) is 13.8 Å². The van der Waals surface area contributed by atoms with Crippen molar-refractivity contribution in [2.75, 3.05) is 0 Å². The second kappa shape index (κ2) is 3.11. The van der Waals surface area contributed by atoms with Gasteiger partial charge in [-0.25, -0.2) is 0 Å². The third-order valence-corrected chi connectivity index (χ3v) is 3.43. The molecule has 1 aromatic rings. The Labute approximate surface area is 92.3 Å². The number of hydrogen-bond donors (Lipinski definition) is 0. The zero-order valence-electron chi connectivity index (χ0n) is 7.82. The van der Waals surface area contributed by atoms with Gasteiger partial charge < -0.3 is 0 Å². The molecule has 1 aliphatic rings. The van der Waals surface area contributed by atoms with Gasteiger partial charge in [0.2, 0.25) is 5.78 Å². The summed E-state index contributed by atoms with van der Waals surface area (Å²) in [6, 6.07) is 3.68. The van der Waals surface area contributed by atoms with Gasteiger partial charge in [-0.15, -0.1) is 0 Å². The summed E-state index contributed by atoms with van der Waals surface area (Å²) in [6.07, 6.45) is 0. The molecular weight excluding hydrogens is 219 g/mol. The van der Waals surface area contributed by atoms with Crippen molar-refractivity contribution >= 4 is 34.0 Å². The fourth-order valence-corrected chi connectivity index (χ4v) is 2.14. The van der Waals surface area contributed by atoms with Gasteiger partial charge in [0.05, 0.1) is 5.03 Å². The predicted octanol–water partition coefficient (Wildman–Crippen LogP) is 3.65. The van der Waals surface area contributed by atoms with Gasteiger partial charge in [0.25, 0.3) is 0 Å². The zero-order chi connectivity index (χ0) is 10.5. The maximum atomic E-state index is 11.6. The minimum absolute atomic E-state index is 0.135. The molecule has 0 bridgehead atoms. The highest BCUT2D eigenvalue weighted by Gasteiger charge is 2.29. The summed E-state index contributed by atoms with van der Waals surface area (Å²) < 4.78 is 0. The molecule has 1 aromatic carbocycles. The number of benzene rings is 1. The standard InChI is InChI=1S/C11H8Cl2O/c1-5-3-4-7-8(6(5)2)9(12)10(13)11(7)14/h3-4H,1-2H3. The number of allylic oxidation sites excluding steroid dienone is 1. The third-order valence-electron chi connectivity index (χ3n) is 2.59. The molecule has 2 rings (SSSR count). The molecule has 3 heteroatoms. The van der Waals surface area contributed by atoms with E-state index >= 15 is 0 Å². The highest BCUT2D eigenvalue weighted by atomic mass is 35.5. The topological polar surface area (TPSA) is 17.1 Å². The van der Waals surface area contributed by atoms with Crippen molar-refractivity contribution in [2.24, 2.45) is 0 Å². The smallest absolute Gasteiger partial charge is 0.206 e. The van der Waals surface area contributed by atoms with Crippen molar-refractivity contribution in [3.05, 3.63) is 39.4 Å². The van der Waals surface area contributed by atoms with Crippen LogP contribution in [0.3, 0.4) is 0 Å². The van der Waals surface area contributed by atoms with Crippen LogP contribution in [0.5, 0.6) is 0 Å². The van der Waals surface area contributed by atoms with Gasteiger partial charge in [0.15, 0.2) is 0 Å². The van der Waals surface area contributed by atoms with Crippen LogP contribution >= 0.6 is 23.2 Å². The summed E-state index contributed by atoms with van der Waals surface area (Å²) in [5, 5.41) is 0.517. The van der Waals surface area contributed by atoms with E-state index in [2.05, 4.69) is 0 Å². The first-order valence-corrected chi connectivity index (χ1v) is 5.00. The maximum Gasteiger partial charge on any atom is 0.206 e. The highest BCUT2D eigenvalue weighted by Crippen LogP contribution is 2.39. The van der Waals surface area contributed by atoms with Gasteiger partial charge in [0, 0.05) is 11.1 Å². The summed E-state index contributed by atoms with van der Waals surface area (Å²) in [7, 11) is 0. The first-order chi connectivity index (χ1) is 6.54. The maximum absolute atomic E-state index is 11.6. The van der Waals surface area contributed by atoms with Crippen molar-refractivity contribution in [3.8, 4) is 0 Å². The van der Waals surface area contributed by atoms with Gasteiger partial charge in [-0.05, 0) is 25.0 Å². The number of halogens is 2. The van der Waals surface area contributed by atoms with Gasteiger partial charge in [-0.3, -0.25) is 4.79 Å². The minimum atomic E-state index is -0.172. The molecule has 0 atom stereocenters. The molecule has 0 fully saturated rings. The SMILES string of the molecule is Cc1ccc2c(c1C)C(Cl)=C(Cl)C2=O. The van der Waals surface area contributed by atoms with Crippen LogP contribution in [0.25, 0.3) is 5.03 Å². The molecule has 0 spiro atoms. The molecule has 0 aromatic heterocycles. The molecule has 0 N–H and O–H groups in total. The molecule has 0 radical (unpaired) electrons. The molecule has 1 nitrogen and oxygen atoms in total. The fraction of sp³-hybridized carbons (Fsp3) is 0.182. The lowest BCUT2D eigenvalue weighted by Crippen LogP contribution is -1.96. The molecule has 0 saturated heterocycles. The van der Waals surface area contributed by atoms with E-state index in [1.807, 2.05) is 19.9 Å². The van der Waals surface area contributed by atoms with E-state index in [1.165, 1.54) is 0 Å². The Balaban J connectivity index is 2.82.